The Kier molecular flexibility index (Phi) is 12.5. The van der Waals surface area contributed by atoms with E-state index >= 15 is 4.79 Å². The van der Waals surface area contributed by atoms with E-state index in [1.165, 1.54) is 24.1 Å². The van der Waals surface area contributed by atoms with E-state index in [9.17, 15) is 34.2 Å². The number of carbonyl (C=O) groups is 6. The van der Waals surface area contributed by atoms with Crippen molar-refractivity contribution in [2.45, 2.75) is 146 Å². The number of esters is 4. The highest BCUT2D eigenvalue weighted by Gasteiger charge is 2.76. The number of rotatable bonds is 14. The molecule has 1 spiro atoms. The van der Waals surface area contributed by atoms with Gasteiger partial charge in [0.25, 0.3) is 0 Å². The maximum atomic E-state index is 15.1. The maximum Gasteiger partial charge on any atom is 0.348 e. The molecule has 2 aromatic carbocycles. The van der Waals surface area contributed by atoms with Gasteiger partial charge >= 0.3 is 23.9 Å². The van der Waals surface area contributed by atoms with Crippen LogP contribution in [0.1, 0.15) is 83.1 Å². The first-order valence-electron chi connectivity index (χ1n) is 22.0. The number of amides is 2. The van der Waals surface area contributed by atoms with Crippen molar-refractivity contribution < 1.29 is 72.2 Å². The smallest absolute Gasteiger partial charge is 0.348 e. The first kappa shape index (κ1) is 46.3. The first-order valence-corrected chi connectivity index (χ1v) is 22.0. The summed E-state index contributed by atoms with van der Waals surface area (Å²) >= 11 is 0. The van der Waals surface area contributed by atoms with Crippen LogP contribution in [0.4, 0.5) is 0 Å². The molecule has 2 aromatic rings. The number of hydroxylamine groups is 2. The van der Waals surface area contributed by atoms with E-state index in [4.69, 9.17) is 33.3 Å². The van der Waals surface area contributed by atoms with Crippen molar-refractivity contribution in [3.63, 3.8) is 0 Å². The minimum Gasteiger partial charge on any atom is -0.462 e. The van der Waals surface area contributed by atoms with Crippen LogP contribution in [0, 0.1) is 10.8 Å². The molecule has 2 aliphatic carbocycles. The van der Waals surface area contributed by atoms with Crippen molar-refractivity contribution in [2.75, 3.05) is 13.2 Å². The second-order valence-corrected chi connectivity index (χ2v) is 19.6. The second-order valence-electron chi connectivity index (χ2n) is 19.6. The summed E-state index contributed by atoms with van der Waals surface area (Å²) in [6.45, 7) is 9.64. The topological polar surface area (TPSA) is 235 Å². The van der Waals surface area contributed by atoms with Gasteiger partial charge in [-0.1, -0.05) is 62.4 Å². The second kappa shape index (κ2) is 17.5. The third-order valence-electron chi connectivity index (χ3n) is 12.9. The summed E-state index contributed by atoms with van der Waals surface area (Å²) in [5, 5.41) is 27.8. The quantitative estimate of drug-likeness (QED) is 0.120. The van der Waals surface area contributed by atoms with Crippen LogP contribution in [0.15, 0.2) is 54.6 Å². The number of ether oxygens (including phenoxy) is 6. The van der Waals surface area contributed by atoms with Crippen molar-refractivity contribution in [2.24, 2.45) is 10.8 Å². The van der Waals surface area contributed by atoms with E-state index in [2.05, 4.69) is 10.6 Å². The molecule has 0 aromatic heterocycles. The van der Waals surface area contributed by atoms with Gasteiger partial charge in [0.2, 0.25) is 17.9 Å². The molecule has 10 atom stereocenters. The summed E-state index contributed by atoms with van der Waals surface area (Å²) in [4.78, 5) is 87.0. The third kappa shape index (κ3) is 9.16. The Bertz CT molecular complexity index is 2210. The molecule has 4 aliphatic heterocycles. The number of aliphatic hydroxyl groups is 2. The monoisotopic (exact) mass is 903 g/mol. The molecule has 2 bridgehead atoms. The summed E-state index contributed by atoms with van der Waals surface area (Å²) < 4.78 is 35.4. The molecule has 0 radical (unpaired) electrons. The average molecular weight is 904 g/mol. The lowest BCUT2D eigenvalue weighted by atomic mass is 9.62. The number of hydrogen-bond donors (Lipinski definition) is 4. The fraction of sp³-hybridized carbons (Fsp3) is 0.574. The van der Waals surface area contributed by atoms with Crippen LogP contribution in [-0.4, -0.2) is 130 Å². The van der Waals surface area contributed by atoms with Crippen LogP contribution in [0.2, 0.25) is 0 Å². The molecular weight excluding hydrogens is 847 g/mol. The number of nitrogens with one attached hydrogen (secondary N) is 2. The highest BCUT2D eigenvalue weighted by Crippen LogP contribution is 2.58. The Hall–Kier alpha value is -5.24. The average Bonchev–Trinajstić information content (AvgIpc) is 3.98. The standard InChI is InChI=1S/C47H57N3O15/c1-25(52)34(40(55)48-30(23-51)16-18-33(54)62-44(2,3)4)49-43(58)47-21-31-35-36(64-46(63-35)19-28-9-7-8-10-29(28)20-46)38(47)65-50(37(47)41(56)60-31)22-27-13-11-26(12-14-27)15-17-32(53)61-39-42(57)59-24-45(39,5)6/h7-15,17,25,30-31,34-39,51-52H,16,18-24H2,1-6H3,(H,48,55)(H,49,58)/t25-,30-,31+,34+,35-,36-,37-,38+,39-,47-/m0/s1. The van der Waals surface area contributed by atoms with Crippen molar-refractivity contribution in [3.05, 3.63) is 76.9 Å². The van der Waals surface area contributed by atoms with E-state index < -0.39 is 119 Å². The van der Waals surface area contributed by atoms with Crippen molar-refractivity contribution >= 4 is 41.8 Å². The van der Waals surface area contributed by atoms with Gasteiger partial charge in [-0.2, -0.15) is 5.06 Å². The molecule has 18 heteroatoms. The fourth-order valence-electron chi connectivity index (χ4n) is 9.79. The Labute approximate surface area is 376 Å². The third-order valence-corrected chi connectivity index (χ3v) is 12.9. The number of fused-ring (bicyclic) bond motifs is 5. The van der Waals surface area contributed by atoms with E-state index in [0.717, 1.165) is 11.1 Å². The van der Waals surface area contributed by atoms with Crippen molar-refractivity contribution in [1.82, 2.24) is 15.7 Å². The lowest BCUT2D eigenvalue weighted by Gasteiger charge is -2.49. The fourth-order valence-corrected chi connectivity index (χ4v) is 9.79. The van der Waals surface area contributed by atoms with Gasteiger partial charge in [-0.15, -0.1) is 0 Å². The highest BCUT2D eigenvalue weighted by molar-refractivity contribution is 5.96. The molecule has 350 valence electrons. The molecule has 4 N–H and O–H groups in total. The van der Waals surface area contributed by atoms with Crippen LogP contribution in [-0.2, 0) is 81.4 Å². The summed E-state index contributed by atoms with van der Waals surface area (Å²) in [6.07, 6.45) is -2.75. The van der Waals surface area contributed by atoms with Crippen LogP contribution >= 0.6 is 0 Å². The normalized spacial score (nSPS) is 29.6. The number of hydrogen-bond acceptors (Lipinski definition) is 16. The first-order chi connectivity index (χ1) is 30.7. The molecule has 65 heavy (non-hydrogen) atoms. The van der Waals surface area contributed by atoms with Crippen LogP contribution in [0.25, 0.3) is 6.08 Å². The van der Waals surface area contributed by atoms with Crippen LogP contribution in [0.5, 0.6) is 0 Å². The number of carbonyl (C=O) groups excluding carboxylic acids is 6. The van der Waals surface area contributed by atoms with Gasteiger partial charge < -0.3 is 49.3 Å². The summed E-state index contributed by atoms with van der Waals surface area (Å²) in [7, 11) is 0. The number of nitrogens with zero attached hydrogens (tertiary/aromatic N) is 1. The molecule has 1 saturated carbocycles. The van der Waals surface area contributed by atoms with Crippen LogP contribution in [0.3, 0.4) is 0 Å². The zero-order valence-electron chi connectivity index (χ0n) is 37.3. The summed E-state index contributed by atoms with van der Waals surface area (Å²) in [5.41, 5.74) is 0.283. The highest BCUT2D eigenvalue weighted by atomic mass is 16.8. The molecule has 18 nitrogen and oxygen atoms in total. The van der Waals surface area contributed by atoms with Gasteiger partial charge in [0.05, 0.1) is 25.3 Å². The zero-order chi connectivity index (χ0) is 46.6. The molecule has 4 heterocycles. The van der Waals surface area contributed by atoms with E-state index in [1.807, 2.05) is 24.3 Å². The number of cyclic esters (lactones) is 1. The largest absolute Gasteiger partial charge is 0.462 e. The Morgan fingerprint density at radius 2 is 1.65 bits per heavy atom. The molecule has 4 saturated heterocycles. The van der Waals surface area contributed by atoms with E-state index in [0.29, 0.717) is 24.0 Å². The van der Waals surface area contributed by atoms with Crippen LogP contribution < -0.4 is 10.6 Å². The molecule has 6 aliphatic rings. The van der Waals surface area contributed by atoms with Gasteiger partial charge in [0.1, 0.15) is 48.1 Å². The maximum absolute atomic E-state index is 15.1. The predicted octanol–water partition coefficient (Wildman–Crippen LogP) is 1.74. The Morgan fingerprint density at radius 3 is 2.26 bits per heavy atom. The molecule has 5 fully saturated rings. The van der Waals surface area contributed by atoms with E-state index in [-0.39, 0.29) is 32.4 Å². The number of aliphatic hydroxyl groups excluding tert-OH is 2. The van der Waals surface area contributed by atoms with Gasteiger partial charge in [0.15, 0.2) is 11.8 Å². The lowest BCUT2D eigenvalue weighted by molar-refractivity contribution is -0.217. The molecular formula is C47H57N3O15. The Morgan fingerprint density at radius 1 is 0.969 bits per heavy atom. The minimum absolute atomic E-state index is 0.00809. The predicted molar refractivity (Wildman–Crippen MR) is 225 cm³/mol. The van der Waals surface area contributed by atoms with Gasteiger partial charge in [-0.25, -0.2) is 9.59 Å². The van der Waals surface area contributed by atoms with E-state index in [1.54, 1.807) is 58.9 Å². The molecule has 0 unspecified atom stereocenters. The molecule has 2 amide bonds. The lowest BCUT2D eigenvalue weighted by Crippen LogP contribution is -2.71. The molecule has 8 rings (SSSR count). The summed E-state index contributed by atoms with van der Waals surface area (Å²) in [5.74, 6) is -5.27. The van der Waals surface area contributed by atoms with Gasteiger partial charge in [-0.3, -0.25) is 24.0 Å². The van der Waals surface area contributed by atoms with Crippen molar-refractivity contribution in [1.29, 1.82) is 0 Å². The van der Waals surface area contributed by atoms with Crippen molar-refractivity contribution in [3.8, 4) is 0 Å². The van der Waals surface area contributed by atoms with Gasteiger partial charge in [-0.05, 0) is 62.4 Å². The minimum atomic E-state index is -1.70. The summed E-state index contributed by atoms with van der Waals surface area (Å²) in [6, 6.07) is 11.0. The number of benzene rings is 2. The van der Waals surface area contributed by atoms with Gasteiger partial charge in [0, 0.05) is 37.2 Å². The zero-order valence-corrected chi connectivity index (χ0v) is 37.3. The Balaban J connectivity index is 1.03. The SMILES string of the molecule is C[C@H](O)[C@@H](NC(=O)[C@@]12C[C@H]3OC(=O)[C@@H]1N(Cc1ccc(C=CC(=O)O[C@H]4C(=O)OCC4(C)C)cc1)O[C@@H]2[C@H]1OC2(Cc4ccccc4C2)O[C@H]13)C(=O)N[C@H](CO)CCC(=O)OC(C)(C)C.